The number of allylic oxidation sites excluding steroid dienone is 7. The summed E-state index contributed by atoms with van der Waals surface area (Å²) in [6.07, 6.45) is 9.61. The minimum Gasteiger partial charge on any atom is -0.205 e. The predicted molar refractivity (Wildman–Crippen MR) is 61.2 cm³/mol. The highest BCUT2D eigenvalue weighted by Gasteiger charge is 1.95. The third kappa shape index (κ3) is 4.55. The number of nitrogens with zero attached hydrogens (tertiary/aromatic N) is 1. The smallest absolute Gasteiger partial charge is 0.0563 e. The summed E-state index contributed by atoms with van der Waals surface area (Å²) in [5.74, 6) is 0. The second-order valence-corrected chi connectivity index (χ2v) is 3.07. The molecule has 0 aromatic rings. The number of nitrogens with one attached hydrogen (secondary N) is 1. The Morgan fingerprint density at radius 2 is 1.86 bits per heavy atom. The van der Waals surface area contributed by atoms with Crippen molar-refractivity contribution >= 4 is 0 Å². The van der Waals surface area contributed by atoms with Crippen LogP contribution in [0, 0.1) is 5.53 Å². The normalized spacial score (nSPS) is 15.0. The molecule has 1 N–H and O–H groups in total. The van der Waals surface area contributed by atoms with Gasteiger partial charge in [-0.3, -0.25) is 0 Å². The largest absolute Gasteiger partial charge is 0.205 e. The van der Waals surface area contributed by atoms with Gasteiger partial charge in [-0.2, -0.15) is 5.11 Å². The SMILES string of the molecule is C\C=C/C(C)=C\C(=C\N=N)C(\C)=C/C. The molecule has 2 nitrogen and oxygen atoms in total. The summed E-state index contributed by atoms with van der Waals surface area (Å²) in [6.45, 7) is 8.00. The molecule has 0 aliphatic carbocycles. The molecule has 0 bridgehead atoms. The highest BCUT2D eigenvalue weighted by atomic mass is 14.9. The molecule has 0 heterocycles. The summed E-state index contributed by atoms with van der Waals surface area (Å²) < 4.78 is 0. The van der Waals surface area contributed by atoms with Gasteiger partial charge in [-0.15, -0.1) is 0 Å². The van der Waals surface area contributed by atoms with Gasteiger partial charge in [0.05, 0.1) is 6.20 Å². The Hall–Kier alpha value is -1.44. The molecule has 0 aromatic carbocycles. The van der Waals surface area contributed by atoms with E-state index in [0.29, 0.717) is 0 Å². The molecule has 0 atom stereocenters. The van der Waals surface area contributed by atoms with E-state index in [0.717, 1.165) is 16.7 Å². The second-order valence-electron chi connectivity index (χ2n) is 3.07. The van der Waals surface area contributed by atoms with Gasteiger partial charge >= 0.3 is 0 Å². The summed E-state index contributed by atoms with van der Waals surface area (Å²) in [6, 6.07) is 0. The van der Waals surface area contributed by atoms with Crippen LogP contribution in [0.15, 0.2) is 52.3 Å². The van der Waals surface area contributed by atoms with Crippen LogP contribution in [0.1, 0.15) is 27.7 Å². The van der Waals surface area contributed by atoms with Gasteiger partial charge in [0.25, 0.3) is 0 Å². The van der Waals surface area contributed by atoms with E-state index in [9.17, 15) is 0 Å². The third-order valence-electron chi connectivity index (χ3n) is 1.90. The van der Waals surface area contributed by atoms with E-state index in [1.165, 1.54) is 0 Å². The van der Waals surface area contributed by atoms with Crippen LogP contribution >= 0.6 is 0 Å². The lowest BCUT2D eigenvalue weighted by Gasteiger charge is -2.01. The number of hydrogen-bond acceptors (Lipinski definition) is 2. The molecule has 0 fully saturated rings. The van der Waals surface area contributed by atoms with Gasteiger partial charge in [0.1, 0.15) is 0 Å². The first-order valence-electron chi connectivity index (χ1n) is 4.66. The average Bonchev–Trinajstić information content (AvgIpc) is 2.16. The Bertz CT molecular complexity index is 304. The van der Waals surface area contributed by atoms with Crippen LogP contribution in [-0.2, 0) is 0 Å². The molecule has 76 valence electrons. The third-order valence-corrected chi connectivity index (χ3v) is 1.90. The number of hydrogen-bond donors (Lipinski definition) is 1. The highest BCUT2D eigenvalue weighted by molar-refractivity contribution is 5.41. The molecule has 0 saturated carbocycles. The fourth-order valence-electron chi connectivity index (χ4n) is 1.05. The molecule has 0 radical (unpaired) electrons. The minimum absolute atomic E-state index is 0.984. The van der Waals surface area contributed by atoms with Crippen LogP contribution in [0.25, 0.3) is 0 Å². The summed E-state index contributed by atoms with van der Waals surface area (Å²) >= 11 is 0. The summed E-state index contributed by atoms with van der Waals surface area (Å²) in [7, 11) is 0. The zero-order valence-electron chi connectivity index (χ0n) is 9.33. The monoisotopic (exact) mass is 190 g/mol. The van der Waals surface area contributed by atoms with Crippen molar-refractivity contribution in [3.05, 3.63) is 47.2 Å². The maximum absolute atomic E-state index is 6.82. The summed E-state index contributed by atoms with van der Waals surface area (Å²) in [4.78, 5) is 0. The molecular formula is C12H18N2. The first kappa shape index (κ1) is 12.6. The lowest BCUT2D eigenvalue weighted by atomic mass is 10.1. The van der Waals surface area contributed by atoms with Crippen LogP contribution in [0.5, 0.6) is 0 Å². The molecule has 14 heavy (non-hydrogen) atoms. The van der Waals surface area contributed by atoms with Crippen molar-refractivity contribution in [3.8, 4) is 0 Å². The van der Waals surface area contributed by atoms with E-state index in [1.54, 1.807) is 6.20 Å². The van der Waals surface area contributed by atoms with Gasteiger partial charge in [0.15, 0.2) is 0 Å². The highest BCUT2D eigenvalue weighted by Crippen LogP contribution is 2.13. The maximum Gasteiger partial charge on any atom is 0.0563 e. The van der Waals surface area contributed by atoms with E-state index >= 15 is 0 Å². The van der Waals surface area contributed by atoms with Crippen LogP contribution in [0.3, 0.4) is 0 Å². The van der Waals surface area contributed by atoms with E-state index in [2.05, 4.69) is 5.11 Å². The Balaban J connectivity index is 4.97. The fourth-order valence-corrected chi connectivity index (χ4v) is 1.05. The molecule has 0 rings (SSSR count). The summed E-state index contributed by atoms with van der Waals surface area (Å²) in [5.41, 5.74) is 10.1. The summed E-state index contributed by atoms with van der Waals surface area (Å²) in [5, 5.41) is 3.30. The van der Waals surface area contributed by atoms with Crippen LogP contribution in [0.2, 0.25) is 0 Å². The molecule has 0 saturated heterocycles. The quantitative estimate of drug-likeness (QED) is 0.504. The second kappa shape index (κ2) is 7.01. The van der Waals surface area contributed by atoms with Crippen molar-refractivity contribution in [1.29, 1.82) is 5.53 Å². The van der Waals surface area contributed by atoms with Crippen molar-refractivity contribution < 1.29 is 0 Å². The molecule has 0 amide bonds. The van der Waals surface area contributed by atoms with Gasteiger partial charge in [0, 0.05) is 0 Å². The molecular weight excluding hydrogens is 172 g/mol. The van der Waals surface area contributed by atoms with Crippen molar-refractivity contribution in [2.75, 3.05) is 0 Å². The topological polar surface area (TPSA) is 36.2 Å². The Morgan fingerprint density at radius 1 is 1.21 bits per heavy atom. The standard InChI is InChI=1S/C12H18N2/c1-5-7-10(3)8-12(9-14-13)11(4)6-2/h5-9,13H,1-4H3/b7-5-,10-8-,11-6-,12-9-,14-13?. The molecule has 0 spiro atoms. The van der Waals surface area contributed by atoms with Gasteiger partial charge in [-0.1, -0.05) is 29.9 Å². The Labute approximate surface area is 86.2 Å². The Morgan fingerprint density at radius 3 is 2.29 bits per heavy atom. The van der Waals surface area contributed by atoms with Gasteiger partial charge < -0.3 is 0 Å². The van der Waals surface area contributed by atoms with E-state index in [4.69, 9.17) is 5.53 Å². The van der Waals surface area contributed by atoms with Crippen molar-refractivity contribution in [3.63, 3.8) is 0 Å². The molecule has 2 heteroatoms. The lowest BCUT2D eigenvalue weighted by molar-refractivity contribution is 1.13. The van der Waals surface area contributed by atoms with Crippen molar-refractivity contribution in [1.82, 2.24) is 0 Å². The van der Waals surface area contributed by atoms with Gasteiger partial charge in [-0.25, -0.2) is 5.53 Å². The van der Waals surface area contributed by atoms with Crippen LogP contribution in [-0.4, -0.2) is 0 Å². The zero-order chi connectivity index (χ0) is 11.0. The lowest BCUT2D eigenvalue weighted by Crippen LogP contribution is -1.82. The molecule has 0 aromatic heterocycles. The maximum atomic E-state index is 6.82. The Kier molecular flexibility index (Phi) is 6.29. The van der Waals surface area contributed by atoms with Crippen LogP contribution < -0.4 is 0 Å². The van der Waals surface area contributed by atoms with Crippen molar-refractivity contribution in [2.45, 2.75) is 27.7 Å². The van der Waals surface area contributed by atoms with Gasteiger partial charge in [-0.05, 0) is 38.8 Å². The molecule has 0 unspecified atom stereocenters. The van der Waals surface area contributed by atoms with E-state index in [1.807, 2.05) is 52.0 Å². The predicted octanol–water partition coefficient (Wildman–Crippen LogP) is 4.39. The van der Waals surface area contributed by atoms with Crippen molar-refractivity contribution in [2.24, 2.45) is 5.11 Å². The first-order chi connectivity index (χ1) is 6.65. The minimum atomic E-state index is 0.984. The van der Waals surface area contributed by atoms with Crippen LogP contribution in [0.4, 0.5) is 0 Å². The van der Waals surface area contributed by atoms with E-state index < -0.39 is 0 Å². The zero-order valence-corrected chi connectivity index (χ0v) is 9.33. The van der Waals surface area contributed by atoms with Gasteiger partial charge in [0.2, 0.25) is 0 Å². The molecule has 0 aliphatic rings. The first-order valence-corrected chi connectivity index (χ1v) is 4.66. The fraction of sp³-hybridized carbons (Fsp3) is 0.333. The van der Waals surface area contributed by atoms with E-state index in [-0.39, 0.29) is 0 Å². The number of rotatable bonds is 4. The average molecular weight is 190 g/mol. The molecule has 0 aliphatic heterocycles.